The van der Waals surface area contributed by atoms with Crippen LogP contribution in [0.5, 0.6) is 0 Å². The summed E-state index contributed by atoms with van der Waals surface area (Å²) in [5.41, 5.74) is 0.318. The van der Waals surface area contributed by atoms with Crippen molar-refractivity contribution in [3.05, 3.63) is 35.9 Å². The van der Waals surface area contributed by atoms with Gasteiger partial charge in [-0.3, -0.25) is 9.59 Å². The minimum Gasteiger partial charge on any atom is -0.469 e. The first-order valence-electron chi connectivity index (χ1n) is 9.82. The number of ether oxygens (including phenoxy) is 2. The number of methoxy groups -OCH3 is 1. The fourth-order valence-electron chi connectivity index (χ4n) is 2.97. The zero-order valence-electron chi connectivity index (χ0n) is 17.6. The molecule has 1 aliphatic carbocycles. The molecular formula is C22H30N2O5. The molecule has 0 bridgehead atoms. The Morgan fingerprint density at radius 1 is 1.21 bits per heavy atom. The lowest BCUT2D eigenvalue weighted by Crippen LogP contribution is -2.38. The van der Waals surface area contributed by atoms with Crippen LogP contribution in [0, 0.1) is 5.92 Å². The van der Waals surface area contributed by atoms with E-state index in [-0.39, 0.29) is 24.3 Å². The predicted octanol–water partition coefficient (Wildman–Crippen LogP) is 3.45. The van der Waals surface area contributed by atoms with Crippen LogP contribution in [-0.2, 0) is 25.5 Å². The smallest absolute Gasteiger partial charge is 0.433 e. The van der Waals surface area contributed by atoms with E-state index in [1.165, 1.54) is 18.9 Å². The van der Waals surface area contributed by atoms with Gasteiger partial charge in [-0.1, -0.05) is 30.3 Å². The van der Waals surface area contributed by atoms with Crippen molar-refractivity contribution < 1.29 is 23.9 Å². The van der Waals surface area contributed by atoms with Crippen LogP contribution in [0.3, 0.4) is 0 Å². The van der Waals surface area contributed by atoms with E-state index in [1.807, 2.05) is 30.3 Å². The quantitative estimate of drug-likeness (QED) is 0.531. The van der Waals surface area contributed by atoms with Crippen molar-refractivity contribution in [2.75, 3.05) is 7.11 Å². The first-order valence-corrected chi connectivity index (χ1v) is 9.82. The summed E-state index contributed by atoms with van der Waals surface area (Å²) in [6, 6.07) is 10.0. The molecule has 0 radical (unpaired) electrons. The fraction of sp³-hybridized carbons (Fsp3) is 0.545. The molecule has 0 aliphatic heterocycles. The Kier molecular flexibility index (Phi) is 7.53. The molecule has 1 saturated carbocycles. The van der Waals surface area contributed by atoms with Gasteiger partial charge >= 0.3 is 12.1 Å². The van der Waals surface area contributed by atoms with Crippen molar-refractivity contribution in [3.63, 3.8) is 0 Å². The van der Waals surface area contributed by atoms with E-state index in [1.54, 1.807) is 20.8 Å². The Balaban J connectivity index is 1.87. The van der Waals surface area contributed by atoms with Gasteiger partial charge in [-0.25, -0.2) is 4.79 Å². The van der Waals surface area contributed by atoms with Gasteiger partial charge in [0, 0.05) is 18.2 Å². The van der Waals surface area contributed by atoms with Gasteiger partial charge in [-0.2, -0.15) is 4.99 Å². The molecule has 158 valence electrons. The third-order valence-electron chi connectivity index (χ3n) is 4.58. The number of benzene rings is 1. The summed E-state index contributed by atoms with van der Waals surface area (Å²) in [4.78, 5) is 39.8. The van der Waals surface area contributed by atoms with Crippen LogP contribution in [0.1, 0.15) is 52.0 Å². The summed E-state index contributed by atoms with van der Waals surface area (Å²) in [6.07, 6.45) is 3.42. The lowest BCUT2D eigenvalue weighted by molar-refractivity contribution is -0.143. The van der Waals surface area contributed by atoms with E-state index in [0.29, 0.717) is 0 Å². The number of carbonyl (C=O) groups is 3. The Bertz CT molecular complexity index is 748. The van der Waals surface area contributed by atoms with Crippen LogP contribution in [0.4, 0.5) is 4.79 Å². The molecule has 1 aromatic rings. The van der Waals surface area contributed by atoms with E-state index in [9.17, 15) is 14.4 Å². The van der Waals surface area contributed by atoms with Gasteiger partial charge in [-0.05, 0) is 52.0 Å². The highest BCUT2D eigenvalue weighted by Gasteiger charge is 2.43. The van der Waals surface area contributed by atoms with E-state index in [0.717, 1.165) is 19.3 Å². The standard InChI is InChI=1S/C22H30N2O5/c1-21(2,3)29-20(27)23-15-17(19(26)28-4)10-11-18(25)24-22(12-13-22)14-16-8-6-5-7-9-16/h5-9,15,17H,10-14H2,1-4H3,(H,24,25). The molecule has 7 nitrogen and oxygen atoms in total. The van der Waals surface area contributed by atoms with Crippen LogP contribution in [-0.4, -0.2) is 42.4 Å². The highest BCUT2D eigenvalue weighted by atomic mass is 16.6. The molecule has 1 N–H and O–H groups in total. The SMILES string of the molecule is COC(=O)C(C=NC(=O)OC(C)(C)C)CCC(=O)NC1(Cc2ccccc2)CC1. The predicted molar refractivity (Wildman–Crippen MR) is 110 cm³/mol. The molecule has 1 aromatic carbocycles. The number of esters is 1. The summed E-state index contributed by atoms with van der Waals surface area (Å²) in [5.74, 6) is -1.46. The lowest BCUT2D eigenvalue weighted by Gasteiger charge is -2.18. The molecule has 0 spiro atoms. The first-order chi connectivity index (χ1) is 13.6. The highest BCUT2D eigenvalue weighted by molar-refractivity contribution is 5.94. The van der Waals surface area contributed by atoms with Gasteiger partial charge < -0.3 is 14.8 Å². The van der Waals surface area contributed by atoms with Gasteiger partial charge in [0.15, 0.2) is 0 Å². The average molecular weight is 402 g/mol. The van der Waals surface area contributed by atoms with Crippen LogP contribution in [0.2, 0.25) is 0 Å². The first kappa shape index (κ1) is 22.6. The number of rotatable bonds is 8. The second-order valence-corrected chi connectivity index (χ2v) is 8.42. The van der Waals surface area contributed by atoms with E-state index < -0.39 is 23.6 Å². The van der Waals surface area contributed by atoms with Crippen molar-refractivity contribution >= 4 is 24.2 Å². The van der Waals surface area contributed by atoms with Gasteiger partial charge in [0.1, 0.15) is 5.60 Å². The van der Waals surface area contributed by atoms with Crippen LogP contribution >= 0.6 is 0 Å². The monoisotopic (exact) mass is 402 g/mol. The second kappa shape index (κ2) is 9.67. The number of carbonyl (C=O) groups excluding carboxylic acids is 3. The molecule has 0 saturated heterocycles. The Hall–Kier alpha value is -2.70. The Morgan fingerprint density at radius 2 is 1.86 bits per heavy atom. The lowest BCUT2D eigenvalue weighted by atomic mass is 10.0. The number of aliphatic imine (C=N–C) groups is 1. The summed E-state index contributed by atoms with van der Waals surface area (Å²) >= 11 is 0. The topological polar surface area (TPSA) is 94.1 Å². The molecule has 1 unspecified atom stereocenters. The summed E-state index contributed by atoms with van der Waals surface area (Å²) in [7, 11) is 1.26. The zero-order chi connectivity index (χ0) is 21.5. The van der Waals surface area contributed by atoms with Crippen molar-refractivity contribution in [3.8, 4) is 0 Å². The molecular weight excluding hydrogens is 372 g/mol. The number of hydrogen-bond acceptors (Lipinski definition) is 5. The molecule has 2 rings (SSSR count). The Morgan fingerprint density at radius 3 is 2.41 bits per heavy atom. The summed E-state index contributed by atoms with van der Waals surface area (Å²) in [6.45, 7) is 5.18. The number of nitrogens with one attached hydrogen (secondary N) is 1. The molecule has 7 heteroatoms. The van der Waals surface area contributed by atoms with E-state index in [4.69, 9.17) is 9.47 Å². The highest BCUT2D eigenvalue weighted by Crippen LogP contribution is 2.38. The molecule has 29 heavy (non-hydrogen) atoms. The summed E-state index contributed by atoms with van der Waals surface area (Å²) in [5, 5.41) is 3.10. The van der Waals surface area contributed by atoms with Crippen molar-refractivity contribution in [1.82, 2.24) is 5.32 Å². The maximum absolute atomic E-state index is 12.4. The molecule has 1 fully saturated rings. The van der Waals surface area contributed by atoms with Crippen molar-refractivity contribution in [1.29, 1.82) is 0 Å². The third kappa shape index (κ3) is 8.05. The largest absolute Gasteiger partial charge is 0.469 e. The number of amides is 2. The van der Waals surface area contributed by atoms with Gasteiger partial charge in [-0.15, -0.1) is 0 Å². The maximum Gasteiger partial charge on any atom is 0.433 e. The minimum atomic E-state index is -0.789. The second-order valence-electron chi connectivity index (χ2n) is 8.42. The zero-order valence-corrected chi connectivity index (χ0v) is 17.6. The molecule has 1 aliphatic rings. The maximum atomic E-state index is 12.4. The van der Waals surface area contributed by atoms with E-state index >= 15 is 0 Å². The molecule has 1 atom stereocenters. The van der Waals surface area contributed by atoms with Gasteiger partial charge in [0.25, 0.3) is 0 Å². The minimum absolute atomic E-state index is 0.127. The van der Waals surface area contributed by atoms with Crippen LogP contribution in [0.15, 0.2) is 35.3 Å². The van der Waals surface area contributed by atoms with Crippen molar-refractivity contribution in [2.45, 2.75) is 64.0 Å². The molecule has 0 aromatic heterocycles. The van der Waals surface area contributed by atoms with Gasteiger partial charge in [0.05, 0.1) is 13.0 Å². The molecule has 2 amide bonds. The normalized spacial score (nSPS) is 16.1. The summed E-state index contributed by atoms with van der Waals surface area (Å²) < 4.78 is 9.85. The fourth-order valence-corrected chi connectivity index (χ4v) is 2.97. The molecule has 0 heterocycles. The average Bonchev–Trinajstić information content (AvgIpc) is 3.39. The number of nitrogens with zero attached hydrogens (tertiary/aromatic N) is 1. The Labute approximate surface area is 171 Å². The van der Waals surface area contributed by atoms with Crippen LogP contribution in [0.25, 0.3) is 0 Å². The van der Waals surface area contributed by atoms with Crippen LogP contribution < -0.4 is 5.32 Å². The van der Waals surface area contributed by atoms with E-state index in [2.05, 4.69) is 10.3 Å². The third-order valence-corrected chi connectivity index (χ3v) is 4.58. The van der Waals surface area contributed by atoms with Crippen molar-refractivity contribution in [2.24, 2.45) is 10.9 Å². The van der Waals surface area contributed by atoms with Gasteiger partial charge in [0.2, 0.25) is 5.91 Å². The number of hydrogen-bond donors (Lipinski definition) is 1.